The number of nitrogens with one attached hydrogen (secondary N) is 1. The summed E-state index contributed by atoms with van der Waals surface area (Å²) in [6.07, 6.45) is 5.07. The normalized spacial score (nSPS) is 14.4. The first-order valence-corrected chi connectivity index (χ1v) is 9.67. The zero-order chi connectivity index (χ0) is 20.1. The van der Waals surface area contributed by atoms with Crippen molar-refractivity contribution in [3.05, 3.63) is 60.9 Å². The van der Waals surface area contributed by atoms with E-state index in [9.17, 15) is 4.79 Å². The summed E-state index contributed by atoms with van der Waals surface area (Å²) in [6, 6.07) is 15.2. The van der Waals surface area contributed by atoms with Crippen molar-refractivity contribution in [2.24, 2.45) is 5.92 Å². The van der Waals surface area contributed by atoms with E-state index in [-0.39, 0.29) is 11.8 Å². The standard InChI is InChI=1S/C22H23N5O2/c1-29-19-6-2-5-18(14-19)24-22(28)16-9-12-27(13-10-16)21-8-7-20(25-26-21)17-4-3-11-23-15-17/h2-8,11,14-16H,9-10,12-13H2,1H3,(H,24,28). The molecule has 1 saturated heterocycles. The van der Waals surface area contributed by atoms with E-state index in [2.05, 4.69) is 25.4 Å². The van der Waals surface area contributed by atoms with Crippen LogP contribution in [-0.2, 0) is 4.79 Å². The van der Waals surface area contributed by atoms with E-state index in [1.54, 1.807) is 19.5 Å². The Morgan fingerprint density at radius 1 is 1.10 bits per heavy atom. The van der Waals surface area contributed by atoms with Crippen LogP contribution in [0.25, 0.3) is 11.3 Å². The van der Waals surface area contributed by atoms with Crippen LogP contribution in [0.3, 0.4) is 0 Å². The van der Waals surface area contributed by atoms with Crippen molar-refractivity contribution < 1.29 is 9.53 Å². The fraction of sp³-hybridized carbons (Fsp3) is 0.273. The molecule has 7 heteroatoms. The SMILES string of the molecule is COc1cccc(NC(=O)C2CCN(c3ccc(-c4cccnc4)nn3)CC2)c1. The second-order valence-electron chi connectivity index (χ2n) is 7.00. The van der Waals surface area contributed by atoms with Crippen LogP contribution in [-0.4, -0.2) is 41.3 Å². The monoisotopic (exact) mass is 389 g/mol. The van der Waals surface area contributed by atoms with Gasteiger partial charge in [-0.2, -0.15) is 0 Å². The first-order chi connectivity index (χ1) is 14.2. The van der Waals surface area contributed by atoms with Crippen LogP contribution in [0.4, 0.5) is 11.5 Å². The number of rotatable bonds is 5. The Bertz CT molecular complexity index is 954. The number of carbonyl (C=O) groups excluding carboxylic acids is 1. The van der Waals surface area contributed by atoms with Crippen molar-refractivity contribution in [1.82, 2.24) is 15.2 Å². The molecule has 1 aromatic carbocycles. The molecule has 0 atom stereocenters. The summed E-state index contributed by atoms with van der Waals surface area (Å²) in [5, 5.41) is 11.7. The van der Waals surface area contributed by atoms with Gasteiger partial charge >= 0.3 is 0 Å². The largest absolute Gasteiger partial charge is 0.497 e. The fourth-order valence-corrected chi connectivity index (χ4v) is 3.48. The predicted molar refractivity (Wildman–Crippen MR) is 112 cm³/mol. The molecule has 1 aliphatic rings. The maximum atomic E-state index is 12.6. The lowest BCUT2D eigenvalue weighted by Crippen LogP contribution is -2.38. The lowest BCUT2D eigenvalue weighted by atomic mass is 9.95. The first-order valence-electron chi connectivity index (χ1n) is 9.67. The van der Waals surface area contributed by atoms with Crippen LogP contribution in [0.2, 0.25) is 0 Å². The van der Waals surface area contributed by atoms with E-state index in [0.29, 0.717) is 0 Å². The number of carbonyl (C=O) groups is 1. The number of amides is 1. The third-order valence-corrected chi connectivity index (χ3v) is 5.13. The van der Waals surface area contributed by atoms with Gasteiger partial charge in [-0.25, -0.2) is 0 Å². The van der Waals surface area contributed by atoms with Crippen LogP contribution >= 0.6 is 0 Å². The number of aromatic nitrogens is 3. The quantitative estimate of drug-likeness (QED) is 0.720. The van der Waals surface area contributed by atoms with Gasteiger partial charge in [0.15, 0.2) is 5.82 Å². The number of piperidine rings is 1. The average Bonchev–Trinajstić information content (AvgIpc) is 2.80. The predicted octanol–water partition coefficient (Wildman–Crippen LogP) is 3.40. The molecule has 0 radical (unpaired) electrons. The van der Waals surface area contributed by atoms with Crippen molar-refractivity contribution in [3.63, 3.8) is 0 Å². The van der Waals surface area contributed by atoms with Gasteiger partial charge in [-0.1, -0.05) is 6.07 Å². The maximum absolute atomic E-state index is 12.6. The zero-order valence-electron chi connectivity index (χ0n) is 16.3. The molecule has 0 saturated carbocycles. The van der Waals surface area contributed by atoms with E-state index < -0.39 is 0 Å². The molecule has 1 amide bonds. The molecule has 1 fully saturated rings. The molecule has 0 bridgehead atoms. The van der Waals surface area contributed by atoms with Crippen LogP contribution in [0.15, 0.2) is 60.9 Å². The second kappa shape index (κ2) is 8.68. The van der Waals surface area contributed by atoms with Crippen LogP contribution in [0.5, 0.6) is 5.75 Å². The Hall–Kier alpha value is -3.48. The lowest BCUT2D eigenvalue weighted by molar-refractivity contribution is -0.120. The second-order valence-corrected chi connectivity index (χ2v) is 7.00. The highest BCUT2D eigenvalue weighted by atomic mass is 16.5. The maximum Gasteiger partial charge on any atom is 0.227 e. The first kappa shape index (κ1) is 18.9. The number of ether oxygens (including phenoxy) is 1. The summed E-state index contributed by atoms with van der Waals surface area (Å²) in [5.41, 5.74) is 2.50. The van der Waals surface area contributed by atoms with E-state index in [4.69, 9.17) is 4.74 Å². The molecule has 1 N–H and O–H groups in total. The topological polar surface area (TPSA) is 80.2 Å². The van der Waals surface area contributed by atoms with Gasteiger partial charge in [0, 0.05) is 48.7 Å². The van der Waals surface area contributed by atoms with Crippen LogP contribution < -0.4 is 15.0 Å². The van der Waals surface area contributed by atoms with Crippen molar-refractivity contribution in [2.45, 2.75) is 12.8 Å². The highest BCUT2D eigenvalue weighted by Gasteiger charge is 2.26. The van der Waals surface area contributed by atoms with E-state index in [1.165, 1.54) is 0 Å². The van der Waals surface area contributed by atoms with E-state index in [1.807, 2.05) is 48.5 Å². The molecule has 29 heavy (non-hydrogen) atoms. The fourth-order valence-electron chi connectivity index (χ4n) is 3.48. The summed E-state index contributed by atoms with van der Waals surface area (Å²) in [4.78, 5) is 18.9. The molecular formula is C22H23N5O2. The minimum atomic E-state index is -0.0138. The molecule has 3 aromatic rings. The van der Waals surface area contributed by atoms with E-state index in [0.717, 1.165) is 54.4 Å². The molecular weight excluding hydrogens is 366 g/mol. The third kappa shape index (κ3) is 4.51. The molecule has 0 unspecified atom stereocenters. The van der Waals surface area contributed by atoms with E-state index >= 15 is 0 Å². The van der Waals surface area contributed by atoms with Gasteiger partial charge in [-0.05, 0) is 49.2 Å². The molecule has 1 aliphatic heterocycles. The van der Waals surface area contributed by atoms with Gasteiger partial charge < -0.3 is 15.0 Å². The number of hydrogen-bond acceptors (Lipinski definition) is 6. The van der Waals surface area contributed by atoms with Crippen molar-refractivity contribution in [3.8, 4) is 17.0 Å². The molecule has 148 valence electrons. The number of anilines is 2. The number of benzene rings is 1. The summed E-state index contributed by atoms with van der Waals surface area (Å²) >= 11 is 0. The van der Waals surface area contributed by atoms with Gasteiger partial charge in [0.05, 0.1) is 12.8 Å². The van der Waals surface area contributed by atoms with Gasteiger partial charge in [-0.15, -0.1) is 10.2 Å². The average molecular weight is 389 g/mol. The van der Waals surface area contributed by atoms with Gasteiger partial charge in [0.1, 0.15) is 5.75 Å². The molecule has 3 heterocycles. The van der Waals surface area contributed by atoms with Crippen molar-refractivity contribution >= 4 is 17.4 Å². The highest BCUT2D eigenvalue weighted by molar-refractivity contribution is 5.92. The molecule has 0 aliphatic carbocycles. The molecule has 4 rings (SSSR count). The van der Waals surface area contributed by atoms with Gasteiger partial charge in [0.25, 0.3) is 0 Å². The number of nitrogens with zero attached hydrogens (tertiary/aromatic N) is 4. The minimum Gasteiger partial charge on any atom is -0.497 e. The smallest absolute Gasteiger partial charge is 0.227 e. The lowest BCUT2D eigenvalue weighted by Gasteiger charge is -2.31. The Kier molecular flexibility index (Phi) is 5.65. The Morgan fingerprint density at radius 2 is 1.97 bits per heavy atom. The number of methoxy groups -OCH3 is 1. The zero-order valence-corrected chi connectivity index (χ0v) is 16.3. The summed E-state index contributed by atoms with van der Waals surface area (Å²) in [7, 11) is 1.61. The third-order valence-electron chi connectivity index (χ3n) is 5.13. The van der Waals surface area contributed by atoms with Crippen LogP contribution in [0.1, 0.15) is 12.8 Å². The molecule has 7 nitrogen and oxygen atoms in total. The highest BCUT2D eigenvalue weighted by Crippen LogP contribution is 2.25. The minimum absolute atomic E-state index is 0.0138. The Balaban J connectivity index is 1.33. The van der Waals surface area contributed by atoms with Crippen LogP contribution in [0, 0.1) is 5.92 Å². The van der Waals surface area contributed by atoms with Gasteiger partial charge in [0.2, 0.25) is 5.91 Å². The number of pyridine rings is 1. The Labute approximate surface area is 169 Å². The summed E-state index contributed by atoms with van der Waals surface area (Å²) in [5.74, 6) is 1.60. The number of hydrogen-bond donors (Lipinski definition) is 1. The summed E-state index contributed by atoms with van der Waals surface area (Å²) < 4.78 is 5.21. The van der Waals surface area contributed by atoms with Crippen molar-refractivity contribution in [1.29, 1.82) is 0 Å². The molecule has 2 aromatic heterocycles. The summed E-state index contributed by atoms with van der Waals surface area (Å²) in [6.45, 7) is 1.55. The Morgan fingerprint density at radius 3 is 2.66 bits per heavy atom. The van der Waals surface area contributed by atoms with Gasteiger partial charge in [-0.3, -0.25) is 9.78 Å². The molecule has 0 spiro atoms. The van der Waals surface area contributed by atoms with Crippen molar-refractivity contribution in [2.75, 3.05) is 30.4 Å².